The fourth-order valence-corrected chi connectivity index (χ4v) is 3.07. The van der Waals surface area contributed by atoms with Gasteiger partial charge in [0.2, 0.25) is 0 Å². The summed E-state index contributed by atoms with van der Waals surface area (Å²) in [7, 11) is 0. The summed E-state index contributed by atoms with van der Waals surface area (Å²) in [6, 6.07) is 3.03. The molecule has 0 aliphatic rings. The molecule has 1 atom stereocenters. The molecule has 0 heterocycles. The van der Waals surface area contributed by atoms with E-state index in [9.17, 15) is 17.6 Å². The molecule has 0 saturated heterocycles. The van der Waals surface area contributed by atoms with Gasteiger partial charge in [0.05, 0.1) is 5.56 Å². The molecule has 0 aliphatic carbocycles. The summed E-state index contributed by atoms with van der Waals surface area (Å²) in [5, 5.41) is 3.19. The molecule has 1 unspecified atom stereocenters. The monoisotopic (exact) mass is 323 g/mol. The zero-order chi connectivity index (χ0) is 16.0. The summed E-state index contributed by atoms with van der Waals surface area (Å²) in [5.74, 6) is 1.00. The summed E-state index contributed by atoms with van der Waals surface area (Å²) in [6.45, 7) is 6.80. The molecule has 0 amide bonds. The largest absolute Gasteiger partial charge is 0.419 e. The molecule has 1 nitrogen and oxygen atoms in total. The van der Waals surface area contributed by atoms with Crippen molar-refractivity contribution in [1.82, 2.24) is 5.32 Å². The van der Waals surface area contributed by atoms with E-state index in [1.54, 1.807) is 11.8 Å². The fourth-order valence-electron chi connectivity index (χ4n) is 1.92. The van der Waals surface area contributed by atoms with Crippen LogP contribution < -0.4 is 5.32 Å². The Kier molecular flexibility index (Phi) is 7.00. The maximum absolute atomic E-state index is 13.6. The number of halogens is 4. The highest BCUT2D eigenvalue weighted by molar-refractivity contribution is 7.99. The maximum atomic E-state index is 13.6. The molecule has 0 saturated carbocycles. The summed E-state index contributed by atoms with van der Waals surface area (Å²) in [6.07, 6.45) is -4.65. The molecule has 120 valence electrons. The molecule has 6 heteroatoms. The van der Waals surface area contributed by atoms with E-state index in [0.717, 1.165) is 17.9 Å². The molecule has 1 aromatic rings. The van der Waals surface area contributed by atoms with Crippen LogP contribution in [0.2, 0.25) is 0 Å². The van der Waals surface area contributed by atoms with E-state index < -0.39 is 17.6 Å². The minimum Gasteiger partial charge on any atom is -0.310 e. The Balaban J connectivity index is 2.86. The summed E-state index contributed by atoms with van der Waals surface area (Å²) in [4.78, 5) is 0. The van der Waals surface area contributed by atoms with Crippen molar-refractivity contribution in [3.63, 3.8) is 0 Å². The van der Waals surface area contributed by atoms with Gasteiger partial charge in [0.15, 0.2) is 0 Å². The van der Waals surface area contributed by atoms with Crippen molar-refractivity contribution in [2.24, 2.45) is 5.92 Å². The number of hydrogen-bond donors (Lipinski definition) is 1. The average Bonchev–Trinajstić information content (AvgIpc) is 2.35. The van der Waals surface area contributed by atoms with E-state index in [1.165, 1.54) is 6.07 Å². The highest BCUT2D eigenvalue weighted by Crippen LogP contribution is 2.32. The zero-order valence-electron chi connectivity index (χ0n) is 12.4. The Labute approximate surface area is 127 Å². The van der Waals surface area contributed by atoms with Crippen LogP contribution in [0.15, 0.2) is 18.2 Å². The Morgan fingerprint density at radius 2 is 1.86 bits per heavy atom. The second kappa shape index (κ2) is 8.03. The van der Waals surface area contributed by atoms with Crippen molar-refractivity contribution < 1.29 is 17.6 Å². The van der Waals surface area contributed by atoms with E-state index in [-0.39, 0.29) is 6.04 Å². The molecule has 0 spiro atoms. The minimum absolute atomic E-state index is 0.143. The first kappa shape index (κ1) is 18.3. The van der Waals surface area contributed by atoms with Gasteiger partial charge in [0.25, 0.3) is 0 Å². The summed E-state index contributed by atoms with van der Waals surface area (Å²) < 4.78 is 51.3. The Morgan fingerprint density at radius 1 is 1.19 bits per heavy atom. The molecule has 1 rings (SSSR count). The number of benzene rings is 1. The summed E-state index contributed by atoms with van der Waals surface area (Å²) in [5.41, 5.74) is -0.657. The molecule has 0 fully saturated rings. The molecule has 1 N–H and O–H groups in total. The predicted octanol–water partition coefficient (Wildman–Crippen LogP) is 4.88. The van der Waals surface area contributed by atoms with Gasteiger partial charge in [-0.05, 0) is 35.9 Å². The number of thioether (sulfide) groups is 1. The lowest BCUT2D eigenvalue weighted by Crippen LogP contribution is -2.24. The Bertz CT molecular complexity index is 446. The molecule has 21 heavy (non-hydrogen) atoms. The molecule has 0 aromatic heterocycles. The van der Waals surface area contributed by atoms with Gasteiger partial charge < -0.3 is 5.32 Å². The zero-order valence-corrected chi connectivity index (χ0v) is 13.2. The van der Waals surface area contributed by atoms with Gasteiger partial charge in [-0.1, -0.05) is 26.8 Å². The Morgan fingerprint density at radius 3 is 2.33 bits per heavy atom. The van der Waals surface area contributed by atoms with E-state index in [0.29, 0.717) is 23.8 Å². The Hall–Kier alpha value is -0.750. The lowest BCUT2D eigenvalue weighted by Gasteiger charge is -2.19. The highest BCUT2D eigenvalue weighted by atomic mass is 32.2. The summed E-state index contributed by atoms with van der Waals surface area (Å²) >= 11 is 1.71. The van der Waals surface area contributed by atoms with Crippen molar-refractivity contribution in [3.8, 4) is 0 Å². The van der Waals surface area contributed by atoms with Crippen molar-refractivity contribution >= 4 is 11.8 Å². The first-order valence-corrected chi connectivity index (χ1v) is 8.09. The molecule has 0 aliphatic heterocycles. The van der Waals surface area contributed by atoms with Crippen LogP contribution in [0.5, 0.6) is 0 Å². The lowest BCUT2D eigenvalue weighted by atomic mass is 10.0. The van der Waals surface area contributed by atoms with Crippen LogP contribution >= 0.6 is 11.8 Å². The van der Waals surface area contributed by atoms with E-state index in [2.05, 4.69) is 19.2 Å². The van der Waals surface area contributed by atoms with Gasteiger partial charge in [-0.15, -0.1) is 0 Å². The molecule has 1 aromatic carbocycles. The number of hydrogen-bond acceptors (Lipinski definition) is 2. The quantitative estimate of drug-likeness (QED) is 0.717. The van der Waals surface area contributed by atoms with Gasteiger partial charge in [-0.2, -0.15) is 24.9 Å². The van der Waals surface area contributed by atoms with Crippen molar-refractivity contribution in [3.05, 3.63) is 35.1 Å². The first-order chi connectivity index (χ1) is 9.75. The van der Waals surface area contributed by atoms with Crippen LogP contribution in [0, 0.1) is 11.7 Å². The van der Waals surface area contributed by atoms with E-state index in [1.807, 2.05) is 6.92 Å². The van der Waals surface area contributed by atoms with Crippen LogP contribution in [0.25, 0.3) is 0 Å². The van der Waals surface area contributed by atoms with Crippen molar-refractivity contribution in [2.45, 2.75) is 33.0 Å². The van der Waals surface area contributed by atoms with Crippen molar-refractivity contribution in [2.75, 3.05) is 18.1 Å². The highest BCUT2D eigenvalue weighted by Gasteiger charge is 2.34. The normalized spacial score (nSPS) is 13.7. The van der Waals surface area contributed by atoms with Crippen LogP contribution in [-0.2, 0) is 6.18 Å². The number of rotatable bonds is 7. The first-order valence-electron chi connectivity index (χ1n) is 6.93. The predicted molar refractivity (Wildman–Crippen MR) is 80.0 cm³/mol. The van der Waals surface area contributed by atoms with Crippen LogP contribution in [0.4, 0.5) is 17.6 Å². The van der Waals surface area contributed by atoms with Crippen LogP contribution in [-0.4, -0.2) is 18.1 Å². The van der Waals surface area contributed by atoms with Gasteiger partial charge >= 0.3 is 6.18 Å². The third-order valence-electron chi connectivity index (χ3n) is 2.89. The third kappa shape index (κ3) is 5.87. The third-order valence-corrected chi connectivity index (χ3v) is 4.36. The second-order valence-electron chi connectivity index (χ2n) is 5.28. The van der Waals surface area contributed by atoms with Crippen molar-refractivity contribution in [1.29, 1.82) is 0 Å². The van der Waals surface area contributed by atoms with Crippen LogP contribution in [0.3, 0.4) is 0 Å². The van der Waals surface area contributed by atoms with Gasteiger partial charge in [0.1, 0.15) is 5.82 Å². The average molecular weight is 323 g/mol. The molecule has 0 radical (unpaired) electrons. The van der Waals surface area contributed by atoms with E-state index >= 15 is 0 Å². The van der Waals surface area contributed by atoms with E-state index in [4.69, 9.17) is 0 Å². The maximum Gasteiger partial charge on any atom is 0.419 e. The van der Waals surface area contributed by atoms with Gasteiger partial charge in [0, 0.05) is 11.8 Å². The molecular formula is C15H21F4NS. The second-order valence-corrected chi connectivity index (χ2v) is 6.35. The van der Waals surface area contributed by atoms with Gasteiger partial charge in [-0.25, -0.2) is 4.39 Å². The lowest BCUT2D eigenvalue weighted by molar-refractivity contribution is -0.140. The number of alkyl halides is 3. The SMILES string of the molecule is CCNC(CSCC(C)C)c1ccc(C(F)(F)F)c(F)c1. The topological polar surface area (TPSA) is 12.0 Å². The van der Waals surface area contributed by atoms with Gasteiger partial charge in [-0.3, -0.25) is 0 Å². The molecular weight excluding hydrogens is 302 g/mol. The minimum atomic E-state index is -4.65. The molecule has 0 bridgehead atoms. The van der Waals surface area contributed by atoms with Crippen LogP contribution in [0.1, 0.15) is 37.9 Å². The number of nitrogens with one attached hydrogen (secondary N) is 1. The fraction of sp³-hybridized carbons (Fsp3) is 0.600. The standard InChI is InChI=1S/C15H21F4NS/c1-4-20-14(9-21-8-10(2)3)11-5-6-12(13(16)7-11)15(17,18)19/h5-7,10,14,20H,4,8-9H2,1-3H3. The smallest absolute Gasteiger partial charge is 0.310 e.